The Bertz CT molecular complexity index is 715. The third-order valence-corrected chi connectivity index (χ3v) is 3.68. The highest BCUT2D eigenvalue weighted by Crippen LogP contribution is 2.25. The number of anilines is 1. The standard InChI is InChI=1S/C18H19BrN2O3/c1-3-23-17-9-6-14(10-16(17)19)11-20-24-12-18(22)21-15-7-4-13(2)5-8-15/h4-11H,3,12H2,1-2H3,(H,21,22)/b20-11+. The second kappa shape index (κ2) is 9.08. The molecule has 0 atom stereocenters. The number of nitrogens with zero attached hydrogens (tertiary/aromatic N) is 1. The zero-order chi connectivity index (χ0) is 17.4. The van der Waals surface area contributed by atoms with Gasteiger partial charge in [0.2, 0.25) is 0 Å². The van der Waals surface area contributed by atoms with Crippen LogP contribution in [0.5, 0.6) is 5.75 Å². The van der Waals surface area contributed by atoms with Crippen molar-refractivity contribution in [1.29, 1.82) is 0 Å². The van der Waals surface area contributed by atoms with E-state index in [9.17, 15) is 4.79 Å². The lowest BCUT2D eigenvalue weighted by Gasteiger charge is -2.06. The van der Waals surface area contributed by atoms with Gasteiger partial charge in [0.1, 0.15) is 5.75 Å². The van der Waals surface area contributed by atoms with E-state index in [2.05, 4.69) is 26.4 Å². The zero-order valence-electron chi connectivity index (χ0n) is 13.6. The number of carbonyl (C=O) groups is 1. The normalized spacial score (nSPS) is 10.6. The zero-order valence-corrected chi connectivity index (χ0v) is 15.2. The Balaban J connectivity index is 1.80. The van der Waals surface area contributed by atoms with Crippen molar-refractivity contribution in [2.24, 2.45) is 5.16 Å². The lowest BCUT2D eigenvalue weighted by atomic mass is 10.2. The number of aryl methyl sites for hydroxylation is 1. The summed E-state index contributed by atoms with van der Waals surface area (Å²) >= 11 is 3.43. The Labute approximate surface area is 149 Å². The van der Waals surface area contributed by atoms with E-state index >= 15 is 0 Å². The molecule has 0 unspecified atom stereocenters. The SMILES string of the molecule is CCOc1ccc(/C=N/OCC(=O)Nc2ccc(C)cc2)cc1Br. The predicted molar refractivity (Wildman–Crippen MR) is 98.7 cm³/mol. The minimum atomic E-state index is -0.260. The number of hydrogen-bond acceptors (Lipinski definition) is 4. The molecule has 2 aromatic carbocycles. The van der Waals surface area contributed by atoms with Crippen LogP contribution in [0.2, 0.25) is 0 Å². The predicted octanol–water partition coefficient (Wildman–Crippen LogP) is 4.15. The van der Waals surface area contributed by atoms with Gasteiger partial charge in [0.15, 0.2) is 6.61 Å². The van der Waals surface area contributed by atoms with Gasteiger partial charge in [0, 0.05) is 5.69 Å². The number of oxime groups is 1. The van der Waals surface area contributed by atoms with E-state index in [0.29, 0.717) is 6.61 Å². The molecule has 0 heterocycles. The first-order valence-electron chi connectivity index (χ1n) is 7.52. The molecular weight excluding hydrogens is 372 g/mol. The number of benzene rings is 2. The van der Waals surface area contributed by atoms with Crippen LogP contribution < -0.4 is 10.1 Å². The van der Waals surface area contributed by atoms with Gasteiger partial charge < -0.3 is 14.9 Å². The topological polar surface area (TPSA) is 59.9 Å². The Morgan fingerprint density at radius 2 is 2.00 bits per heavy atom. The molecule has 0 aliphatic heterocycles. The van der Waals surface area contributed by atoms with E-state index in [1.165, 1.54) is 0 Å². The molecule has 1 N–H and O–H groups in total. The van der Waals surface area contributed by atoms with Gasteiger partial charge in [-0.1, -0.05) is 22.9 Å². The lowest BCUT2D eigenvalue weighted by molar-refractivity contribution is -0.120. The van der Waals surface area contributed by atoms with Crippen LogP contribution in [0.3, 0.4) is 0 Å². The Hall–Kier alpha value is -2.34. The van der Waals surface area contributed by atoms with Gasteiger partial charge in [-0.25, -0.2) is 0 Å². The summed E-state index contributed by atoms with van der Waals surface area (Å²) in [5.41, 5.74) is 2.70. The molecule has 5 nitrogen and oxygen atoms in total. The van der Waals surface area contributed by atoms with Crippen LogP contribution >= 0.6 is 15.9 Å². The van der Waals surface area contributed by atoms with Crippen LogP contribution in [0.4, 0.5) is 5.69 Å². The summed E-state index contributed by atoms with van der Waals surface area (Å²) in [7, 11) is 0. The molecule has 24 heavy (non-hydrogen) atoms. The molecule has 0 saturated heterocycles. The van der Waals surface area contributed by atoms with Crippen molar-refractivity contribution >= 4 is 33.7 Å². The lowest BCUT2D eigenvalue weighted by Crippen LogP contribution is -2.16. The highest BCUT2D eigenvalue weighted by molar-refractivity contribution is 9.10. The van der Waals surface area contributed by atoms with Crippen LogP contribution in [-0.4, -0.2) is 25.3 Å². The molecule has 6 heteroatoms. The fraction of sp³-hybridized carbons (Fsp3) is 0.222. The van der Waals surface area contributed by atoms with Crippen molar-refractivity contribution < 1.29 is 14.4 Å². The average molecular weight is 391 g/mol. The number of hydrogen-bond donors (Lipinski definition) is 1. The summed E-state index contributed by atoms with van der Waals surface area (Å²) in [5.74, 6) is 0.511. The summed E-state index contributed by atoms with van der Waals surface area (Å²) in [6, 6.07) is 13.1. The molecular formula is C18H19BrN2O3. The minimum absolute atomic E-state index is 0.150. The highest BCUT2D eigenvalue weighted by Gasteiger charge is 2.03. The second-order valence-corrected chi connectivity index (χ2v) is 5.90. The fourth-order valence-corrected chi connectivity index (χ4v) is 2.41. The van der Waals surface area contributed by atoms with Crippen LogP contribution in [0.1, 0.15) is 18.1 Å². The number of nitrogens with one attached hydrogen (secondary N) is 1. The maximum absolute atomic E-state index is 11.7. The summed E-state index contributed by atoms with van der Waals surface area (Å²) in [5, 5.41) is 6.54. The minimum Gasteiger partial charge on any atom is -0.493 e. The number of carbonyl (C=O) groups excluding carboxylic acids is 1. The van der Waals surface area contributed by atoms with Crippen molar-refractivity contribution in [2.75, 3.05) is 18.5 Å². The largest absolute Gasteiger partial charge is 0.493 e. The molecule has 0 spiro atoms. The first kappa shape index (κ1) is 18.0. The molecule has 0 aliphatic rings. The first-order chi connectivity index (χ1) is 11.6. The molecule has 0 fully saturated rings. The van der Waals surface area contributed by atoms with Crippen LogP contribution in [0.25, 0.3) is 0 Å². The van der Waals surface area contributed by atoms with Gasteiger partial charge in [-0.2, -0.15) is 0 Å². The van der Waals surface area contributed by atoms with Crippen molar-refractivity contribution in [3.05, 3.63) is 58.1 Å². The molecule has 0 radical (unpaired) electrons. The molecule has 126 valence electrons. The Kier molecular flexibility index (Phi) is 6.81. The van der Waals surface area contributed by atoms with Gasteiger partial charge in [0.05, 0.1) is 17.3 Å². The van der Waals surface area contributed by atoms with Crippen LogP contribution in [-0.2, 0) is 9.63 Å². The fourth-order valence-electron chi connectivity index (χ4n) is 1.90. The number of ether oxygens (including phenoxy) is 1. The molecule has 2 aromatic rings. The van der Waals surface area contributed by atoms with E-state index < -0.39 is 0 Å². The van der Waals surface area contributed by atoms with Crippen molar-refractivity contribution in [2.45, 2.75) is 13.8 Å². The number of halogens is 1. The van der Waals surface area contributed by atoms with Crippen LogP contribution in [0, 0.1) is 6.92 Å². The molecule has 1 amide bonds. The highest BCUT2D eigenvalue weighted by atomic mass is 79.9. The molecule has 0 bridgehead atoms. The quantitative estimate of drug-likeness (QED) is 0.570. The summed E-state index contributed by atoms with van der Waals surface area (Å²) in [6.45, 7) is 4.37. The molecule has 2 rings (SSSR count). The van der Waals surface area contributed by atoms with E-state index in [-0.39, 0.29) is 12.5 Å². The average Bonchev–Trinajstić information content (AvgIpc) is 2.56. The van der Waals surface area contributed by atoms with Crippen molar-refractivity contribution in [3.63, 3.8) is 0 Å². The van der Waals surface area contributed by atoms with Gasteiger partial charge in [0.25, 0.3) is 5.91 Å². The third-order valence-electron chi connectivity index (χ3n) is 3.06. The van der Waals surface area contributed by atoms with Crippen LogP contribution in [0.15, 0.2) is 52.1 Å². The number of amides is 1. The first-order valence-corrected chi connectivity index (χ1v) is 8.32. The van der Waals surface area contributed by atoms with E-state index in [0.717, 1.165) is 27.0 Å². The van der Waals surface area contributed by atoms with E-state index in [4.69, 9.17) is 9.57 Å². The smallest absolute Gasteiger partial charge is 0.265 e. The van der Waals surface area contributed by atoms with Crippen molar-refractivity contribution in [1.82, 2.24) is 0 Å². The summed E-state index contributed by atoms with van der Waals surface area (Å²) < 4.78 is 6.28. The molecule has 0 aromatic heterocycles. The number of rotatable bonds is 7. The van der Waals surface area contributed by atoms with E-state index in [1.54, 1.807) is 6.21 Å². The van der Waals surface area contributed by atoms with Gasteiger partial charge in [-0.15, -0.1) is 0 Å². The Morgan fingerprint density at radius 3 is 2.67 bits per heavy atom. The van der Waals surface area contributed by atoms with Gasteiger partial charge in [-0.3, -0.25) is 4.79 Å². The monoisotopic (exact) mass is 390 g/mol. The summed E-state index contributed by atoms with van der Waals surface area (Å²) in [6.07, 6.45) is 1.54. The molecule has 0 aliphatic carbocycles. The Morgan fingerprint density at radius 1 is 1.25 bits per heavy atom. The molecule has 0 saturated carbocycles. The van der Waals surface area contributed by atoms with Crippen molar-refractivity contribution in [3.8, 4) is 5.75 Å². The summed E-state index contributed by atoms with van der Waals surface area (Å²) in [4.78, 5) is 16.8. The van der Waals surface area contributed by atoms with Gasteiger partial charge in [-0.05, 0) is 65.7 Å². The van der Waals surface area contributed by atoms with Gasteiger partial charge >= 0.3 is 0 Å². The van der Waals surface area contributed by atoms with E-state index in [1.807, 2.05) is 56.3 Å². The second-order valence-electron chi connectivity index (χ2n) is 5.05. The maximum atomic E-state index is 11.7. The maximum Gasteiger partial charge on any atom is 0.265 e. The third kappa shape index (κ3) is 5.70.